The number of carbonyl (C=O) groups excluding carboxylic acids is 1. The van der Waals surface area contributed by atoms with Crippen LogP contribution in [-0.2, 0) is 26.1 Å². The van der Waals surface area contributed by atoms with E-state index in [1.807, 2.05) is 13.2 Å². The molecule has 1 unspecified atom stereocenters. The Labute approximate surface area is 148 Å². The molecule has 8 heteroatoms. The normalized spacial score (nSPS) is 19.2. The van der Waals surface area contributed by atoms with Gasteiger partial charge >= 0.3 is 12.2 Å². The van der Waals surface area contributed by atoms with Gasteiger partial charge < -0.3 is 5.32 Å². The first-order valence-corrected chi connectivity index (χ1v) is 8.64. The van der Waals surface area contributed by atoms with Crippen LogP contribution in [-0.4, -0.2) is 22.4 Å². The Hall–Kier alpha value is -2.51. The van der Waals surface area contributed by atoms with Gasteiger partial charge in [0.1, 0.15) is 0 Å². The van der Waals surface area contributed by atoms with E-state index >= 15 is 0 Å². The second-order valence-electron chi connectivity index (χ2n) is 6.80. The predicted octanol–water partition coefficient (Wildman–Crippen LogP) is 3.59. The van der Waals surface area contributed by atoms with Gasteiger partial charge in [0.05, 0.1) is 17.3 Å². The van der Waals surface area contributed by atoms with Crippen LogP contribution in [0, 0.1) is 0 Å². The third-order valence-corrected chi connectivity index (χ3v) is 5.10. The molecule has 2 heterocycles. The van der Waals surface area contributed by atoms with E-state index < -0.39 is 11.7 Å². The second-order valence-corrected chi connectivity index (χ2v) is 6.80. The Kier molecular flexibility index (Phi) is 3.93. The highest BCUT2D eigenvalue weighted by atomic mass is 19.4. The number of anilines is 1. The standard InChI is InChI=1S/C18H19F3N4O/c1-24-10-12-14(5-3-6-15(12)23-24)22-17(26)25-9-8-11-13(18(19,20)21)4-2-7-16(11)25/h2,4,7,10,14H,3,5-6,8-9H2,1H3,(H,22,26). The van der Waals surface area contributed by atoms with E-state index in [2.05, 4.69) is 10.4 Å². The molecule has 0 saturated carbocycles. The molecule has 1 atom stereocenters. The summed E-state index contributed by atoms with van der Waals surface area (Å²) in [6, 6.07) is 3.49. The van der Waals surface area contributed by atoms with Gasteiger partial charge in [-0.2, -0.15) is 18.3 Å². The number of hydrogen-bond acceptors (Lipinski definition) is 2. The number of alkyl halides is 3. The van der Waals surface area contributed by atoms with Crippen molar-refractivity contribution in [1.82, 2.24) is 15.1 Å². The molecule has 1 aromatic carbocycles. The van der Waals surface area contributed by atoms with Crippen molar-refractivity contribution in [2.75, 3.05) is 11.4 Å². The first-order valence-electron chi connectivity index (χ1n) is 8.64. The first-order chi connectivity index (χ1) is 12.3. The summed E-state index contributed by atoms with van der Waals surface area (Å²) < 4.78 is 41.3. The maximum atomic E-state index is 13.2. The molecule has 0 bridgehead atoms. The molecule has 0 fully saturated rings. The smallest absolute Gasteiger partial charge is 0.331 e. The van der Waals surface area contributed by atoms with Gasteiger partial charge in [0.15, 0.2) is 0 Å². The molecule has 4 rings (SSSR count). The van der Waals surface area contributed by atoms with Gasteiger partial charge in [-0.3, -0.25) is 9.58 Å². The van der Waals surface area contributed by atoms with Crippen molar-refractivity contribution in [2.45, 2.75) is 37.9 Å². The molecule has 1 aliphatic carbocycles. The average molecular weight is 364 g/mol. The van der Waals surface area contributed by atoms with Crippen LogP contribution in [0.1, 0.15) is 41.3 Å². The van der Waals surface area contributed by atoms with Crippen molar-refractivity contribution in [3.05, 3.63) is 46.8 Å². The van der Waals surface area contributed by atoms with Crippen LogP contribution in [0.4, 0.5) is 23.7 Å². The molecule has 0 spiro atoms. The van der Waals surface area contributed by atoms with Crippen LogP contribution in [0.15, 0.2) is 24.4 Å². The zero-order valence-corrected chi connectivity index (χ0v) is 14.3. The first kappa shape index (κ1) is 16.9. The van der Waals surface area contributed by atoms with Gasteiger partial charge in [0.2, 0.25) is 0 Å². The highest BCUT2D eigenvalue weighted by Gasteiger charge is 2.38. The molecule has 2 aliphatic rings. The molecule has 1 N–H and O–H groups in total. The minimum Gasteiger partial charge on any atom is -0.331 e. The summed E-state index contributed by atoms with van der Waals surface area (Å²) in [4.78, 5) is 14.2. The quantitative estimate of drug-likeness (QED) is 0.841. The van der Waals surface area contributed by atoms with Crippen LogP contribution in [0.2, 0.25) is 0 Å². The molecule has 5 nitrogen and oxygen atoms in total. The van der Waals surface area contributed by atoms with E-state index in [1.54, 1.807) is 10.7 Å². The lowest BCUT2D eigenvalue weighted by Crippen LogP contribution is -2.41. The summed E-state index contributed by atoms with van der Waals surface area (Å²) >= 11 is 0. The molecular formula is C18H19F3N4O. The zero-order valence-electron chi connectivity index (χ0n) is 14.3. The van der Waals surface area contributed by atoms with Gasteiger partial charge in [0, 0.05) is 31.0 Å². The Morgan fingerprint density at radius 2 is 2.12 bits per heavy atom. The number of fused-ring (bicyclic) bond motifs is 2. The number of nitrogens with one attached hydrogen (secondary N) is 1. The lowest BCUT2D eigenvalue weighted by Gasteiger charge is -2.26. The van der Waals surface area contributed by atoms with Crippen LogP contribution in [0.5, 0.6) is 0 Å². The molecular weight excluding hydrogens is 345 g/mol. The summed E-state index contributed by atoms with van der Waals surface area (Å²) in [5.41, 5.74) is 1.86. The highest BCUT2D eigenvalue weighted by molar-refractivity contribution is 5.94. The Balaban J connectivity index is 1.57. The minimum atomic E-state index is -4.41. The summed E-state index contributed by atoms with van der Waals surface area (Å²) in [6.45, 7) is 0.251. The Morgan fingerprint density at radius 1 is 1.31 bits per heavy atom. The minimum absolute atomic E-state index is 0.158. The summed E-state index contributed by atoms with van der Waals surface area (Å²) in [6.07, 6.45) is 0.299. The number of carbonyl (C=O) groups is 1. The largest absolute Gasteiger partial charge is 0.416 e. The fourth-order valence-corrected chi connectivity index (χ4v) is 3.96. The fraction of sp³-hybridized carbons (Fsp3) is 0.444. The van der Waals surface area contributed by atoms with Gasteiger partial charge in [-0.25, -0.2) is 4.79 Å². The number of aromatic nitrogens is 2. The van der Waals surface area contributed by atoms with E-state index in [0.29, 0.717) is 5.69 Å². The molecule has 1 aromatic heterocycles. The van der Waals surface area contributed by atoms with E-state index in [0.717, 1.165) is 36.6 Å². The van der Waals surface area contributed by atoms with E-state index in [-0.39, 0.29) is 30.6 Å². The third kappa shape index (κ3) is 2.83. The number of hydrogen-bond donors (Lipinski definition) is 1. The van der Waals surface area contributed by atoms with Crippen LogP contribution in [0.25, 0.3) is 0 Å². The maximum absolute atomic E-state index is 13.2. The predicted molar refractivity (Wildman–Crippen MR) is 89.9 cm³/mol. The number of urea groups is 1. The number of nitrogens with zero attached hydrogens (tertiary/aromatic N) is 3. The molecule has 2 amide bonds. The lowest BCUT2D eigenvalue weighted by molar-refractivity contribution is -0.138. The van der Waals surface area contributed by atoms with Crippen molar-refractivity contribution in [3.63, 3.8) is 0 Å². The highest BCUT2D eigenvalue weighted by Crippen LogP contribution is 2.39. The van der Waals surface area contributed by atoms with Gasteiger partial charge in [-0.15, -0.1) is 0 Å². The molecule has 0 saturated heterocycles. The Bertz CT molecular complexity index is 859. The lowest BCUT2D eigenvalue weighted by atomic mass is 9.93. The maximum Gasteiger partial charge on any atom is 0.416 e. The van der Waals surface area contributed by atoms with Gasteiger partial charge in [0.25, 0.3) is 0 Å². The average Bonchev–Trinajstić information content (AvgIpc) is 3.16. The SMILES string of the molecule is Cn1cc2c(n1)CCCC2NC(=O)N1CCc2c1cccc2C(F)(F)F. The number of halogens is 3. The van der Waals surface area contributed by atoms with Crippen LogP contribution in [0.3, 0.4) is 0 Å². The zero-order chi connectivity index (χ0) is 18.5. The van der Waals surface area contributed by atoms with E-state index in [9.17, 15) is 18.0 Å². The number of aryl methyl sites for hydroxylation is 2. The van der Waals surface area contributed by atoms with Crippen molar-refractivity contribution < 1.29 is 18.0 Å². The van der Waals surface area contributed by atoms with Crippen molar-refractivity contribution in [2.24, 2.45) is 7.05 Å². The number of amides is 2. The Morgan fingerprint density at radius 3 is 2.88 bits per heavy atom. The summed E-state index contributed by atoms with van der Waals surface area (Å²) in [5, 5.41) is 7.39. The topological polar surface area (TPSA) is 50.2 Å². The van der Waals surface area contributed by atoms with Gasteiger partial charge in [-0.05, 0) is 43.4 Å². The number of benzene rings is 1. The molecule has 138 valence electrons. The molecule has 2 aromatic rings. The van der Waals surface area contributed by atoms with Crippen LogP contribution >= 0.6 is 0 Å². The molecule has 26 heavy (non-hydrogen) atoms. The molecule has 1 aliphatic heterocycles. The molecule has 0 radical (unpaired) electrons. The second kappa shape index (κ2) is 6.03. The van der Waals surface area contributed by atoms with Gasteiger partial charge in [-0.1, -0.05) is 6.07 Å². The van der Waals surface area contributed by atoms with Crippen molar-refractivity contribution in [3.8, 4) is 0 Å². The monoisotopic (exact) mass is 364 g/mol. The van der Waals surface area contributed by atoms with E-state index in [4.69, 9.17) is 0 Å². The van der Waals surface area contributed by atoms with Crippen molar-refractivity contribution in [1.29, 1.82) is 0 Å². The van der Waals surface area contributed by atoms with Crippen molar-refractivity contribution >= 4 is 11.7 Å². The summed E-state index contributed by atoms with van der Waals surface area (Å²) in [5.74, 6) is 0. The van der Waals surface area contributed by atoms with E-state index in [1.165, 1.54) is 11.0 Å². The number of rotatable bonds is 1. The fourth-order valence-electron chi connectivity index (χ4n) is 3.96. The summed E-state index contributed by atoms with van der Waals surface area (Å²) in [7, 11) is 1.84. The van der Waals surface area contributed by atoms with Crippen LogP contribution < -0.4 is 10.2 Å². The third-order valence-electron chi connectivity index (χ3n) is 5.10.